The molecule has 0 aliphatic heterocycles. The Hall–Kier alpha value is -2.94. The number of anilines is 2. The fraction of sp³-hybridized carbons (Fsp3) is 0.188. The van der Waals surface area contributed by atoms with E-state index < -0.39 is 20.9 Å². The highest BCUT2D eigenvalue weighted by atomic mass is 32.2. The summed E-state index contributed by atoms with van der Waals surface area (Å²) < 4.78 is 24.5. The minimum Gasteiger partial charge on any atom is -0.322 e. The van der Waals surface area contributed by atoms with E-state index in [0.717, 1.165) is 10.6 Å². The largest absolute Gasteiger partial charge is 0.322 e. The van der Waals surface area contributed by atoms with Gasteiger partial charge in [-0.2, -0.15) is 0 Å². The number of carbonyl (C=O) groups excluding carboxylic acids is 1. The molecule has 0 saturated heterocycles. The normalized spacial score (nSPS) is 11.0. The molecule has 132 valence electrons. The number of nitrogens with one attached hydrogen (secondary N) is 1. The lowest BCUT2D eigenvalue weighted by atomic mass is 10.1. The average molecular weight is 363 g/mol. The van der Waals surface area contributed by atoms with Gasteiger partial charge >= 0.3 is 0 Å². The van der Waals surface area contributed by atoms with Crippen molar-refractivity contribution < 1.29 is 18.1 Å². The number of sulfonamides is 1. The van der Waals surface area contributed by atoms with Crippen molar-refractivity contribution in [3.8, 4) is 0 Å². The minimum atomic E-state index is -3.47. The second kappa shape index (κ2) is 6.89. The molecule has 1 amide bonds. The predicted octanol–water partition coefficient (Wildman–Crippen LogP) is 2.55. The first-order valence-corrected chi connectivity index (χ1v) is 9.05. The summed E-state index contributed by atoms with van der Waals surface area (Å²) in [6.45, 7) is 1.64. The van der Waals surface area contributed by atoms with Crippen LogP contribution in [0.5, 0.6) is 0 Å². The van der Waals surface area contributed by atoms with E-state index in [1.54, 1.807) is 25.1 Å². The Morgan fingerprint density at radius 2 is 1.84 bits per heavy atom. The number of nitrogens with zero attached hydrogens (tertiary/aromatic N) is 2. The van der Waals surface area contributed by atoms with Gasteiger partial charge in [0.2, 0.25) is 10.0 Å². The molecule has 0 fully saturated rings. The fourth-order valence-corrected chi connectivity index (χ4v) is 2.84. The van der Waals surface area contributed by atoms with Gasteiger partial charge in [-0.3, -0.25) is 19.2 Å². The highest BCUT2D eigenvalue weighted by molar-refractivity contribution is 7.92. The van der Waals surface area contributed by atoms with Crippen LogP contribution in [-0.4, -0.2) is 32.6 Å². The van der Waals surface area contributed by atoms with Crippen molar-refractivity contribution >= 4 is 33.0 Å². The van der Waals surface area contributed by atoms with Crippen molar-refractivity contribution in [1.29, 1.82) is 0 Å². The third kappa shape index (κ3) is 4.13. The molecule has 25 heavy (non-hydrogen) atoms. The second-order valence-electron chi connectivity index (χ2n) is 5.44. The number of rotatable bonds is 5. The Labute approximate surface area is 145 Å². The first-order chi connectivity index (χ1) is 11.6. The highest BCUT2D eigenvalue weighted by Crippen LogP contribution is 2.25. The molecule has 0 aliphatic carbocycles. The number of nitro groups is 1. The van der Waals surface area contributed by atoms with Gasteiger partial charge in [0.1, 0.15) is 0 Å². The van der Waals surface area contributed by atoms with E-state index in [1.807, 2.05) is 0 Å². The van der Waals surface area contributed by atoms with Crippen LogP contribution < -0.4 is 9.62 Å². The topological polar surface area (TPSA) is 110 Å². The summed E-state index contributed by atoms with van der Waals surface area (Å²) in [5.41, 5.74) is 1.28. The van der Waals surface area contributed by atoms with Crippen LogP contribution in [0.1, 0.15) is 15.9 Å². The molecule has 8 nitrogen and oxygen atoms in total. The molecule has 2 aromatic carbocycles. The van der Waals surface area contributed by atoms with Gasteiger partial charge in [-0.25, -0.2) is 8.42 Å². The molecule has 0 bridgehead atoms. The lowest BCUT2D eigenvalue weighted by molar-refractivity contribution is -0.384. The predicted molar refractivity (Wildman–Crippen MR) is 95.5 cm³/mol. The molecule has 9 heteroatoms. The summed E-state index contributed by atoms with van der Waals surface area (Å²) in [4.78, 5) is 22.7. The highest BCUT2D eigenvalue weighted by Gasteiger charge is 2.19. The molecular formula is C16H17N3O5S. The monoisotopic (exact) mass is 363 g/mol. The van der Waals surface area contributed by atoms with Crippen molar-refractivity contribution in [2.45, 2.75) is 6.92 Å². The van der Waals surface area contributed by atoms with E-state index in [0.29, 0.717) is 11.3 Å². The van der Waals surface area contributed by atoms with E-state index in [1.165, 1.54) is 31.3 Å². The SMILES string of the molecule is Cc1c(C(=O)Nc2cccc([N+](=O)[O-])c2)cccc1N(C)S(C)(=O)=O. The van der Waals surface area contributed by atoms with Gasteiger partial charge in [0.25, 0.3) is 11.6 Å². The summed E-state index contributed by atoms with van der Waals surface area (Å²) in [5.74, 6) is -0.484. The van der Waals surface area contributed by atoms with Gasteiger partial charge in [-0.15, -0.1) is 0 Å². The molecule has 0 aliphatic rings. The Balaban J connectivity index is 2.35. The standard InChI is InChI=1S/C16H17N3O5S/c1-11-14(8-5-9-15(11)18(2)25(3,23)24)16(20)17-12-6-4-7-13(10-12)19(21)22/h4-10H,1-3H3,(H,17,20). The van der Waals surface area contributed by atoms with Crippen LogP contribution in [0.15, 0.2) is 42.5 Å². The molecule has 2 rings (SSSR count). The minimum absolute atomic E-state index is 0.139. The maximum absolute atomic E-state index is 12.5. The Morgan fingerprint density at radius 1 is 1.20 bits per heavy atom. The molecule has 0 heterocycles. The van der Waals surface area contributed by atoms with Crippen LogP contribution in [-0.2, 0) is 10.0 Å². The molecule has 0 spiro atoms. The first-order valence-electron chi connectivity index (χ1n) is 7.20. The maximum atomic E-state index is 12.5. The second-order valence-corrected chi connectivity index (χ2v) is 7.46. The van der Waals surface area contributed by atoms with Crippen molar-refractivity contribution in [3.63, 3.8) is 0 Å². The van der Waals surface area contributed by atoms with Gasteiger partial charge in [-0.1, -0.05) is 12.1 Å². The molecule has 0 saturated carbocycles. The number of hydrogen-bond acceptors (Lipinski definition) is 5. The van der Waals surface area contributed by atoms with Gasteiger partial charge in [0.05, 0.1) is 16.9 Å². The number of nitro benzene ring substituents is 1. The summed E-state index contributed by atoms with van der Waals surface area (Å²) in [6, 6.07) is 10.3. The molecule has 0 atom stereocenters. The van der Waals surface area contributed by atoms with E-state index in [2.05, 4.69) is 5.32 Å². The average Bonchev–Trinajstić information content (AvgIpc) is 2.53. The van der Waals surface area contributed by atoms with Crippen LogP contribution in [0.2, 0.25) is 0 Å². The third-order valence-electron chi connectivity index (χ3n) is 3.70. The van der Waals surface area contributed by atoms with Gasteiger partial charge in [-0.05, 0) is 30.7 Å². The van der Waals surface area contributed by atoms with Crippen LogP contribution >= 0.6 is 0 Å². The number of hydrogen-bond donors (Lipinski definition) is 1. The van der Waals surface area contributed by atoms with E-state index in [9.17, 15) is 23.3 Å². The number of carbonyl (C=O) groups is 1. The smallest absolute Gasteiger partial charge is 0.271 e. The summed E-state index contributed by atoms with van der Waals surface area (Å²) in [7, 11) is -2.07. The summed E-state index contributed by atoms with van der Waals surface area (Å²) in [6.07, 6.45) is 1.07. The van der Waals surface area contributed by atoms with E-state index in [4.69, 9.17) is 0 Å². The quantitative estimate of drug-likeness (QED) is 0.648. The molecule has 1 N–H and O–H groups in total. The van der Waals surface area contributed by atoms with E-state index >= 15 is 0 Å². The summed E-state index contributed by atoms with van der Waals surface area (Å²) >= 11 is 0. The third-order valence-corrected chi connectivity index (χ3v) is 4.89. The molecular weight excluding hydrogens is 346 g/mol. The lowest BCUT2D eigenvalue weighted by Crippen LogP contribution is -2.26. The molecule has 0 radical (unpaired) electrons. The number of non-ortho nitro benzene ring substituents is 1. The van der Waals surface area contributed by atoms with Crippen LogP contribution in [0.3, 0.4) is 0 Å². The van der Waals surface area contributed by atoms with Crippen molar-refractivity contribution in [2.75, 3.05) is 22.9 Å². The fourth-order valence-electron chi connectivity index (χ4n) is 2.28. The Morgan fingerprint density at radius 3 is 2.44 bits per heavy atom. The number of amides is 1. The van der Waals surface area contributed by atoms with E-state index in [-0.39, 0.29) is 16.9 Å². The van der Waals surface area contributed by atoms with Gasteiger partial charge in [0.15, 0.2) is 0 Å². The number of benzene rings is 2. The molecule has 0 unspecified atom stereocenters. The Kier molecular flexibility index (Phi) is 5.07. The maximum Gasteiger partial charge on any atom is 0.271 e. The molecule has 2 aromatic rings. The van der Waals surface area contributed by atoms with Crippen LogP contribution in [0.25, 0.3) is 0 Å². The lowest BCUT2D eigenvalue weighted by Gasteiger charge is -2.20. The van der Waals surface area contributed by atoms with Gasteiger partial charge in [0, 0.05) is 30.4 Å². The zero-order valence-corrected chi connectivity index (χ0v) is 14.7. The van der Waals surface area contributed by atoms with Crippen molar-refractivity contribution in [1.82, 2.24) is 0 Å². The van der Waals surface area contributed by atoms with Gasteiger partial charge < -0.3 is 5.32 Å². The van der Waals surface area contributed by atoms with Crippen molar-refractivity contribution in [3.05, 3.63) is 63.7 Å². The Bertz CT molecular complexity index is 941. The molecule has 0 aromatic heterocycles. The van der Waals surface area contributed by atoms with Crippen LogP contribution in [0, 0.1) is 17.0 Å². The first kappa shape index (κ1) is 18.4. The zero-order chi connectivity index (χ0) is 18.8. The zero-order valence-electron chi connectivity index (χ0n) is 13.9. The van der Waals surface area contributed by atoms with Crippen molar-refractivity contribution in [2.24, 2.45) is 0 Å². The van der Waals surface area contributed by atoms with Crippen LogP contribution in [0.4, 0.5) is 17.1 Å². The summed E-state index contributed by atoms with van der Waals surface area (Å²) in [5, 5.41) is 13.4.